The third-order valence-corrected chi connectivity index (χ3v) is 6.52. The van der Waals surface area contributed by atoms with Crippen LogP contribution in [0, 0.1) is 0 Å². The number of nitrogens with zero attached hydrogens (tertiary/aromatic N) is 1. The van der Waals surface area contributed by atoms with E-state index in [1.165, 1.54) is 29.5 Å². The van der Waals surface area contributed by atoms with Crippen molar-refractivity contribution >= 4 is 66.0 Å². The molecule has 11 heteroatoms. The van der Waals surface area contributed by atoms with E-state index in [9.17, 15) is 18.0 Å². The Morgan fingerprint density at radius 2 is 1.77 bits per heavy atom. The van der Waals surface area contributed by atoms with Crippen LogP contribution in [0.2, 0.25) is 0 Å². The number of hydrogen-bond acceptors (Lipinski definition) is 8. The van der Waals surface area contributed by atoms with E-state index in [1.807, 2.05) is 24.3 Å². The van der Waals surface area contributed by atoms with Crippen LogP contribution in [0.25, 0.3) is 16.3 Å². The van der Waals surface area contributed by atoms with E-state index >= 15 is 0 Å². The Labute approximate surface area is 205 Å². The van der Waals surface area contributed by atoms with E-state index in [2.05, 4.69) is 15.6 Å². The largest absolute Gasteiger partial charge is 0.452 e. The molecular formula is C24H20N4O5S2. The van der Waals surface area contributed by atoms with Crippen LogP contribution in [-0.2, 0) is 24.3 Å². The Morgan fingerprint density at radius 3 is 2.51 bits per heavy atom. The summed E-state index contributed by atoms with van der Waals surface area (Å²) >= 11 is 1.34. The number of nitrogens with one attached hydrogen (secondary N) is 2. The lowest BCUT2D eigenvalue weighted by atomic mass is 10.2. The average Bonchev–Trinajstić information content (AvgIpc) is 3.24. The molecule has 0 saturated carbocycles. The molecule has 1 amide bonds. The van der Waals surface area contributed by atoms with Crippen LogP contribution in [-0.4, -0.2) is 31.9 Å². The zero-order chi connectivity index (χ0) is 24.8. The van der Waals surface area contributed by atoms with E-state index in [1.54, 1.807) is 42.5 Å². The highest BCUT2D eigenvalue weighted by Gasteiger charge is 2.10. The summed E-state index contributed by atoms with van der Waals surface area (Å²) in [5.41, 5.74) is 2.78. The van der Waals surface area contributed by atoms with Gasteiger partial charge in [-0.3, -0.25) is 10.1 Å². The van der Waals surface area contributed by atoms with Crippen molar-refractivity contribution in [3.8, 4) is 0 Å². The van der Waals surface area contributed by atoms with E-state index in [-0.39, 0.29) is 4.90 Å². The first-order valence-corrected chi connectivity index (χ1v) is 12.6. The number of thiazole rings is 1. The molecule has 0 bridgehead atoms. The van der Waals surface area contributed by atoms with Crippen LogP contribution in [0.4, 0.5) is 16.5 Å². The van der Waals surface area contributed by atoms with Crippen LogP contribution in [0.3, 0.4) is 0 Å². The predicted octanol–water partition coefficient (Wildman–Crippen LogP) is 3.88. The molecule has 0 radical (unpaired) electrons. The standard InChI is InChI=1S/C24H20N4O5S2/c25-35(31,32)19-5-3-4-18(14-19)26-17-11-8-16(9-12-17)10-13-23(30)33-15-22(29)28-24-27-20-6-1-2-7-21(20)34-24/h1-14,26H,15H2,(H2,25,31,32)(H,27,28,29). The van der Waals surface area contributed by atoms with Crippen molar-refractivity contribution in [3.05, 3.63) is 84.4 Å². The SMILES string of the molecule is NS(=O)(=O)c1cccc(Nc2ccc(C=CC(=O)OCC(=O)Nc3nc4ccccc4s3)cc2)c1. The number of nitrogens with two attached hydrogens (primary N) is 1. The van der Waals surface area contributed by atoms with Gasteiger partial charge in [-0.05, 0) is 54.1 Å². The molecule has 0 aliphatic rings. The second kappa shape index (κ2) is 10.5. The molecule has 4 N–H and O–H groups in total. The van der Waals surface area contributed by atoms with Gasteiger partial charge in [0.1, 0.15) is 0 Å². The maximum atomic E-state index is 12.0. The molecule has 0 aliphatic heterocycles. The number of carbonyl (C=O) groups excluding carboxylic acids is 2. The number of anilines is 3. The molecule has 0 aliphatic carbocycles. The molecular weight excluding hydrogens is 488 g/mol. The Hall–Kier alpha value is -4.06. The lowest BCUT2D eigenvalue weighted by Gasteiger charge is -2.08. The lowest BCUT2D eigenvalue weighted by molar-refractivity contribution is -0.142. The molecule has 0 unspecified atom stereocenters. The number of primary sulfonamides is 1. The summed E-state index contributed by atoms with van der Waals surface area (Å²) in [5.74, 6) is -1.14. The summed E-state index contributed by atoms with van der Waals surface area (Å²) < 4.78 is 28.9. The molecule has 4 aromatic rings. The number of hydrogen-bond donors (Lipinski definition) is 3. The quantitative estimate of drug-likeness (QED) is 0.242. The lowest BCUT2D eigenvalue weighted by Crippen LogP contribution is -2.19. The van der Waals surface area contributed by atoms with Gasteiger partial charge in [-0.2, -0.15) is 0 Å². The van der Waals surface area contributed by atoms with Crippen LogP contribution in [0.1, 0.15) is 5.56 Å². The first kappa shape index (κ1) is 24.1. The number of ether oxygens (including phenoxy) is 1. The zero-order valence-electron chi connectivity index (χ0n) is 18.2. The van der Waals surface area contributed by atoms with Crippen molar-refractivity contribution < 1.29 is 22.7 Å². The minimum Gasteiger partial charge on any atom is -0.452 e. The summed E-state index contributed by atoms with van der Waals surface area (Å²) in [4.78, 5) is 28.3. The number of carbonyl (C=O) groups is 2. The molecule has 35 heavy (non-hydrogen) atoms. The highest BCUT2D eigenvalue weighted by Crippen LogP contribution is 2.25. The third kappa shape index (κ3) is 6.73. The van der Waals surface area contributed by atoms with Gasteiger partial charge in [-0.1, -0.05) is 41.7 Å². The second-order valence-electron chi connectivity index (χ2n) is 7.30. The molecule has 0 spiro atoms. The van der Waals surface area contributed by atoms with Crippen LogP contribution in [0.15, 0.2) is 83.8 Å². The topological polar surface area (TPSA) is 140 Å². The minimum absolute atomic E-state index is 0.00864. The summed E-state index contributed by atoms with van der Waals surface area (Å²) in [7, 11) is -3.79. The van der Waals surface area contributed by atoms with E-state index in [0.717, 1.165) is 15.8 Å². The smallest absolute Gasteiger partial charge is 0.331 e. The van der Waals surface area contributed by atoms with Gasteiger partial charge >= 0.3 is 5.97 Å². The molecule has 0 saturated heterocycles. The number of aromatic nitrogens is 1. The zero-order valence-corrected chi connectivity index (χ0v) is 19.8. The molecule has 9 nitrogen and oxygen atoms in total. The Bertz CT molecular complexity index is 1480. The molecule has 1 heterocycles. The fourth-order valence-electron chi connectivity index (χ4n) is 3.03. The van der Waals surface area contributed by atoms with Crippen LogP contribution < -0.4 is 15.8 Å². The molecule has 0 fully saturated rings. The summed E-state index contributed by atoms with van der Waals surface area (Å²) in [5, 5.41) is 11.3. The van der Waals surface area contributed by atoms with Crippen molar-refractivity contribution in [2.45, 2.75) is 4.90 Å². The normalized spacial score (nSPS) is 11.5. The summed E-state index contributed by atoms with van der Waals surface area (Å²) in [6.45, 7) is -0.431. The fourth-order valence-corrected chi connectivity index (χ4v) is 4.47. The van der Waals surface area contributed by atoms with Crippen molar-refractivity contribution in [3.63, 3.8) is 0 Å². The summed E-state index contributed by atoms with van der Waals surface area (Å²) in [6, 6.07) is 20.7. The molecule has 4 rings (SSSR count). The van der Waals surface area contributed by atoms with Gasteiger partial charge in [-0.25, -0.2) is 23.3 Å². The van der Waals surface area contributed by atoms with Crippen LogP contribution >= 0.6 is 11.3 Å². The van der Waals surface area contributed by atoms with Gasteiger partial charge in [0.15, 0.2) is 11.7 Å². The monoisotopic (exact) mass is 508 g/mol. The van der Waals surface area contributed by atoms with Crippen molar-refractivity contribution in [2.75, 3.05) is 17.2 Å². The van der Waals surface area contributed by atoms with E-state index in [0.29, 0.717) is 16.5 Å². The molecule has 0 atom stereocenters. The van der Waals surface area contributed by atoms with Gasteiger partial charge in [0.05, 0.1) is 15.1 Å². The number of amides is 1. The van der Waals surface area contributed by atoms with E-state index < -0.39 is 28.5 Å². The minimum atomic E-state index is -3.79. The number of fused-ring (bicyclic) bond motifs is 1. The number of esters is 1. The van der Waals surface area contributed by atoms with Crippen molar-refractivity contribution in [1.29, 1.82) is 0 Å². The van der Waals surface area contributed by atoms with Crippen molar-refractivity contribution in [2.24, 2.45) is 5.14 Å². The number of para-hydroxylation sites is 1. The Balaban J connectivity index is 1.27. The highest BCUT2D eigenvalue weighted by atomic mass is 32.2. The van der Waals surface area contributed by atoms with E-state index in [4.69, 9.17) is 9.88 Å². The van der Waals surface area contributed by atoms with Gasteiger partial charge < -0.3 is 10.1 Å². The first-order chi connectivity index (χ1) is 16.8. The Morgan fingerprint density at radius 1 is 1.00 bits per heavy atom. The van der Waals surface area contributed by atoms with Crippen LogP contribution in [0.5, 0.6) is 0 Å². The maximum Gasteiger partial charge on any atom is 0.331 e. The number of rotatable bonds is 8. The van der Waals surface area contributed by atoms with Gasteiger partial charge in [-0.15, -0.1) is 0 Å². The fraction of sp³-hybridized carbons (Fsp3) is 0.0417. The predicted molar refractivity (Wildman–Crippen MR) is 136 cm³/mol. The third-order valence-electron chi connectivity index (χ3n) is 4.66. The molecule has 1 aromatic heterocycles. The molecule has 3 aromatic carbocycles. The Kier molecular flexibility index (Phi) is 7.20. The average molecular weight is 509 g/mol. The highest BCUT2D eigenvalue weighted by molar-refractivity contribution is 7.89. The van der Waals surface area contributed by atoms with Gasteiger partial charge in [0.25, 0.3) is 5.91 Å². The second-order valence-corrected chi connectivity index (χ2v) is 9.89. The number of benzene rings is 3. The summed E-state index contributed by atoms with van der Waals surface area (Å²) in [6.07, 6.45) is 2.78. The van der Waals surface area contributed by atoms with Gasteiger partial charge in [0, 0.05) is 17.5 Å². The first-order valence-electron chi connectivity index (χ1n) is 10.3. The number of sulfonamides is 1. The molecule has 178 valence electrons. The maximum absolute atomic E-state index is 12.0. The van der Waals surface area contributed by atoms with Gasteiger partial charge in [0.2, 0.25) is 10.0 Å². The van der Waals surface area contributed by atoms with Crippen molar-refractivity contribution in [1.82, 2.24) is 4.98 Å².